The normalized spacial score (nSPS) is 11.6. The molecule has 0 saturated carbocycles. The number of hydrogen-bond donors (Lipinski definition) is 1. The molecule has 1 rings (SSSR count). The molecule has 0 aromatic heterocycles. The van der Waals surface area contributed by atoms with Crippen molar-refractivity contribution in [3.05, 3.63) is 35.4 Å². The summed E-state index contributed by atoms with van der Waals surface area (Å²) in [6.45, 7) is 2.66. The first-order chi connectivity index (χ1) is 8.09. The molecule has 0 atom stereocenters. The summed E-state index contributed by atoms with van der Waals surface area (Å²) in [6, 6.07) is 7.65. The number of hydrogen-bond acceptors (Lipinski definition) is 3. The van der Waals surface area contributed by atoms with Crippen molar-refractivity contribution in [1.29, 1.82) is 0 Å². The third kappa shape index (κ3) is 4.85. The molecule has 0 saturated heterocycles. The average Bonchev–Trinajstić information content (AvgIpc) is 2.28. The summed E-state index contributed by atoms with van der Waals surface area (Å²) < 4.78 is 30.7. The fourth-order valence-electron chi connectivity index (χ4n) is 1.55. The minimum Gasteiger partial charge on any atom is -0.380 e. The first kappa shape index (κ1) is 14.2. The van der Waals surface area contributed by atoms with Gasteiger partial charge in [0.15, 0.2) is 0 Å². The van der Waals surface area contributed by atoms with Crippen molar-refractivity contribution < 1.29 is 13.2 Å². The lowest BCUT2D eigenvalue weighted by Crippen LogP contribution is -2.26. The Morgan fingerprint density at radius 2 is 1.88 bits per heavy atom. The van der Waals surface area contributed by atoms with Crippen LogP contribution in [0.2, 0.25) is 0 Å². The zero-order valence-corrected chi connectivity index (χ0v) is 11.1. The largest absolute Gasteiger partial charge is 0.380 e. The lowest BCUT2D eigenvalue weighted by Gasteiger charge is -2.10. The molecule has 1 aromatic rings. The monoisotopic (exact) mass is 257 g/mol. The fraction of sp³-hybridized carbons (Fsp3) is 0.500. The number of nitrogens with one attached hydrogen (secondary N) is 1. The van der Waals surface area contributed by atoms with E-state index in [0.29, 0.717) is 19.6 Å². The highest BCUT2D eigenvalue weighted by Crippen LogP contribution is 2.10. The number of methoxy groups -OCH3 is 1. The third-order valence-electron chi connectivity index (χ3n) is 2.37. The smallest absolute Gasteiger partial charge is 0.211 e. The quantitative estimate of drug-likeness (QED) is 0.808. The zero-order valence-electron chi connectivity index (χ0n) is 10.3. The maximum absolute atomic E-state index is 11.5. The molecule has 96 valence electrons. The Labute approximate surface area is 103 Å². The van der Waals surface area contributed by atoms with Crippen LogP contribution in [0.5, 0.6) is 0 Å². The zero-order chi connectivity index (χ0) is 12.7. The second kappa shape index (κ2) is 6.74. The third-order valence-corrected chi connectivity index (χ3v) is 3.90. The molecule has 1 N–H and O–H groups in total. The summed E-state index contributed by atoms with van der Waals surface area (Å²) >= 11 is 0. The van der Waals surface area contributed by atoms with Crippen molar-refractivity contribution in [2.45, 2.75) is 26.5 Å². The Morgan fingerprint density at radius 3 is 2.47 bits per heavy atom. The molecule has 1 aromatic carbocycles. The standard InChI is InChI=1S/C12H19NO3S/c1-3-8-17(14,15)13-9-11-6-4-5-7-12(11)10-16-2/h4-7,13H,3,8-10H2,1-2H3. The Bertz CT molecular complexity index is 443. The van der Waals surface area contributed by atoms with Crippen molar-refractivity contribution >= 4 is 10.0 Å². The van der Waals surface area contributed by atoms with Crippen molar-refractivity contribution in [2.75, 3.05) is 12.9 Å². The van der Waals surface area contributed by atoms with Gasteiger partial charge >= 0.3 is 0 Å². The van der Waals surface area contributed by atoms with E-state index in [1.165, 1.54) is 0 Å². The van der Waals surface area contributed by atoms with Crippen molar-refractivity contribution in [3.8, 4) is 0 Å². The minimum atomic E-state index is -3.15. The second-order valence-corrected chi connectivity index (χ2v) is 5.77. The second-order valence-electron chi connectivity index (χ2n) is 3.84. The van der Waals surface area contributed by atoms with Gasteiger partial charge < -0.3 is 4.74 Å². The topological polar surface area (TPSA) is 55.4 Å². The van der Waals surface area contributed by atoms with Gasteiger partial charge in [-0.1, -0.05) is 31.2 Å². The molecule has 0 amide bonds. The van der Waals surface area contributed by atoms with Gasteiger partial charge in [0.05, 0.1) is 12.4 Å². The van der Waals surface area contributed by atoms with Crippen LogP contribution in [0.15, 0.2) is 24.3 Å². The first-order valence-corrected chi connectivity index (χ1v) is 7.27. The SMILES string of the molecule is CCCS(=O)(=O)NCc1ccccc1COC. The Kier molecular flexibility index (Phi) is 5.61. The van der Waals surface area contributed by atoms with Crippen LogP contribution in [0.25, 0.3) is 0 Å². The summed E-state index contributed by atoms with van der Waals surface area (Å²) in [5.74, 6) is 0.166. The molecule has 17 heavy (non-hydrogen) atoms. The highest BCUT2D eigenvalue weighted by molar-refractivity contribution is 7.89. The highest BCUT2D eigenvalue weighted by Gasteiger charge is 2.09. The van der Waals surface area contributed by atoms with Gasteiger partial charge in [0, 0.05) is 13.7 Å². The molecular weight excluding hydrogens is 238 g/mol. The first-order valence-electron chi connectivity index (χ1n) is 5.62. The van der Waals surface area contributed by atoms with Crippen molar-refractivity contribution in [2.24, 2.45) is 0 Å². The van der Waals surface area contributed by atoms with E-state index in [1.54, 1.807) is 7.11 Å². The average molecular weight is 257 g/mol. The van der Waals surface area contributed by atoms with E-state index < -0.39 is 10.0 Å². The molecule has 0 aliphatic heterocycles. The van der Waals surface area contributed by atoms with Gasteiger partial charge in [-0.3, -0.25) is 0 Å². The molecular formula is C12H19NO3S. The molecule has 4 nitrogen and oxygen atoms in total. The minimum absolute atomic E-state index is 0.166. The summed E-state index contributed by atoms with van der Waals surface area (Å²) in [5.41, 5.74) is 1.96. The van der Waals surface area contributed by atoms with Gasteiger partial charge in [-0.05, 0) is 17.5 Å². The molecule has 0 aliphatic rings. The number of sulfonamides is 1. The van der Waals surface area contributed by atoms with Crippen LogP contribution in [0.3, 0.4) is 0 Å². The van der Waals surface area contributed by atoms with Crippen molar-refractivity contribution in [1.82, 2.24) is 4.72 Å². The molecule has 0 spiro atoms. The van der Waals surface area contributed by atoms with Crippen LogP contribution in [-0.4, -0.2) is 21.3 Å². The molecule has 0 radical (unpaired) electrons. The van der Waals surface area contributed by atoms with E-state index in [-0.39, 0.29) is 5.75 Å². The van der Waals surface area contributed by atoms with E-state index in [9.17, 15) is 8.42 Å². The van der Waals surface area contributed by atoms with Crippen LogP contribution in [0.1, 0.15) is 24.5 Å². The number of benzene rings is 1. The maximum atomic E-state index is 11.5. The van der Waals surface area contributed by atoms with E-state index in [4.69, 9.17) is 4.74 Å². The van der Waals surface area contributed by atoms with E-state index in [0.717, 1.165) is 11.1 Å². The van der Waals surface area contributed by atoms with Gasteiger partial charge in [0.25, 0.3) is 0 Å². The maximum Gasteiger partial charge on any atom is 0.211 e. The predicted molar refractivity (Wildman–Crippen MR) is 68.1 cm³/mol. The fourth-order valence-corrected chi connectivity index (χ4v) is 2.61. The van der Waals surface area contributed by atoms with Crippen LogP contribution in [-0.2, 0) is 27.9 Å². The molecule has 0 unspecified atom stereocenters. The Morgan fingerprint density at radius 1 is 1.24 bits per heavy atom. The number of ether oxygens (including phenoxy) is 1. The van der Waals surface area contributed by atoms with Crippen molar-refractivity contribution in [3.63, 3.8) is 0 Å². The van der Waals surface area contributed by atoms with Gasteiger partial charge in [-0.15, -0.1) is 0 Å². The van der Waals surface area contributed by atoms with E-state index in [1.807, 2.05) is 31.2 Å². The van der Waals surface area contributed by atoms with Gasteiger partial charge in [-0.2, -0.15) is 0 Å². The predicted octanol–water partition coefficient (Wildman–Crippen LogP) is 1.66. The lowest BCUT2D eigenvalue weighted by atomic mass is 10.1. The van der Waals surface area contributed by atoms with Gasteiger partial charge in [0.2, 0.25) is 10.0 Å². The van der Waals surface area contributed by atoms with E-state index >= 15 is 0 Å². The summed E-state index contributed by atoms with van der Waals surface area (Å²) in [5, 5.41) is 0. The molecule has 0 bridgehead atoms. The van der Waals surface area contributed by atoms with Crippen LogP contribution >= 0.6 is 0 Å². The summed E-state index contributed by atoms with van der Waals surface area (Å²) in [7, 11) is -1.53. The van der Waals surface area contributed by atoms with Crippen LogP contribution in [0, 0.1) is 0 Å². The Hall–Kier alpha value is -0.910. The van der Waals surface area contributed by atoms with Gasteiger partial charge in [0.1, 0.15) is 0 Å². The van der Waals surface area contributed by atoms with Crippen LogP contribution < -0.4 is 4.72 Å². The molecule has 0 fully saturated rings. The molecule has 5 heteroatoms. The Balaban J connectivity index is 2.69. The van der Waals surface area contributed by atoms with Gasteiger partial charge in [-0.25, -0.2) is 13.1 Å². The number of rotatable bonds is 7. The molecule has 0 heterocycles. The molecule has 0 aliphatic carbocycles. The highest BCUT2D eigenvalue weighted by atomic mass is 32.2. The lowest BCUT2D eigenvalue weighted by molar-refractivity contribution is 0.184. The van der Waals surface area contributed by atoms with E-state index in [2.05, 4.69) is 4.72 Å². The summed E-state index contributed by atoms with van der Waals surface area (Å²) in [4.78, 5) is 0. The van der Waals surface area contributed by atoms with Crippen LogP contribution in [0.4, 0.5) is 0 Å². The summed E-state index contributed by atoms with van der Waals surface area (Å²) in [6.07, 6.45) is 0.620.